The van der Waals surface area contributed by atoms with E-state index in [1.54, 1.807) is 0 Å². The number of carbonyl (C=O) groups is 1. The molecule has 0 radical (unpaired) electrons. The summed E-state index contributed by atoms with van der Waals surface area (Å²) in [6.07, 6.45) is 2.77. The van der Waals surface area contributed by atoms with E-state index in [1.807, 2.05) is 18.2 Å². The molecule has 1 heterocycles. The molecule has 2 N–H and O–H groups in total. The van der Waals surface area contributed by atoms with Crippen molar-refractivity contribution in [3.05, 3.63) is 35.5 Å². The molecule has 1 unspecified atom stereocenters. The van der Waals surface area contributed by atoms with Crippen LogP contribution in [0.2, 0.25) is 0 Å². The van der Waals surface area contributed by atoms with Gasteiger partial charge in [0.15, 0.2) is 17.3 Å². The number of nitrogens with two attached hydrogens (primary N) is 1. The number of rotatable bonds is 1. The molecule has 0 saturated carbocycles. The Hall–Kier alpha value is -1.97. The maximum Gasteiger partial charge on any atom is 0.231 e. The van der Waals surface area contributed by atoms with E-state index in [-0.39, 0.29) is 18.5 Å². The highest BCUT2D eigenvalue weighted by atomic mass is 16.7. The molecule has 0 spiro atoms. The minimum atomic E-state index is 0.0939. The summed E-state index contributed by atoms with van der Waals surface area (Å²) in [6.45, 7) is 0.268. The van der Waals surface area contributed by atoms with Gasteiger partial charge in [-0.3, -0.25) is 4.79 Å². The molecule has 1 aromatic rings. The van der Waals surface area contributed by atoms with Gasteiger partial charge >= 0.3 is 0 Å². The van der Waals surface area contributed by atoms with Crippen LogP contribution in [0.3, 0.4) is 0 Å². The van der Waals surface area contributed by atoms with Crippen LogP contribution in [0.5, 0.6) is 11.5 Å². The van der Waals surface area contributed by atoms with E-state index in [9.17, 15) is 4.79 Å². The van der Waals surface area contributed by atoms with Crippen molar-refractivity contribution in [3.63, 3.8) is 0 Å². The highest BCUT2D eigenvalue weighted by molar-refractivity contribution is 5.91. The number of allylic oxidation sites excluding steroid dienone is 2. The third-order valence-corrected chi connectivity index (χ3v) is 3.14. The first-order valence-electron chi connectivity index (χ1n) is 5.61. The smallest absolute Gasteiger partial charge is 0.231 e. The summed E-state index contributed by atoms with van der Waals surface area (Å²) < 4.78 is 10.6. The first kappa shape index (κ1) is 10.2. The van der Waals surface area contributed by atoms with Crippen molar-refractivity contribution < 1.29 is 14.3 Å². The van der Waals surface area contributed by atoms with Crippen molar-refractivity contribution in [2.75, 3.05) is 6.79 Å². The predicted molar refractivity (Wildman–Crippen MR) is 61.8 cm³/mol. The van der Waals surface area contributed by atoms with E-state index in [2.05, 4.69) is 0 Å². The Labute approximate surface area is 99.0 Å². The molecule has 17 heavy (non-hydrogen) atoms. The minimum Gasteiger partial charge on any atom is -0.454 e. The SMILES string of the molecule is NC1=CC(=O)CC(c2ccc3c(c2)OCO3)C1. The highest BCUT2D eigenvalue weighted by Crippen LogP contribution is 2.37. The second-order valence-electron chi connectivity index (χ2n) is 4.40. The Morgan fingerprint density at radius 1 is 1.18 bits per heavy atom. The monoisotopic (exact) mass is 231 g/mol. The zero-order chi connectivity index (χ0) is 11.8. The van der Waals surface area contributed by atoms with Crippen LogP contribution < -0.4 is 15.2 Å². The maximum absolute atomic E-state index is 11.5. The van der Waals surface area contributed by atoms with Gasteiger partial charge in [0.05, 0.1) is 0 Å². The Kier molecular flexibility index (Phi) is 2.28. The summed E-state index contributed by atoms with van der Waals surface area (Å²) >= 11 is 0. The average Bonchev–Trinajstić information content (AvgIpc) is 2.74. The summed E-state index contributed by atoms with van der Waals surface area (Å²) in [4.78, 5) is 11.5. The number of carbonyl (C=O) groups excluding carboxylic acids is 1. The molecule has 1 atom stereocenters. The zero-order valence-electron chi connectivity index (χ0n) is 9.31. The predicted octanol–water partition coefficient (Wildman–Crippen LogP) is 1.70. The van der Waals surface area contributed by atoms with Gasteiger partial charge in [0.1, 0.15) is 0 Å². The van der Waals surface area contributed by atoms with Gasteiger partial charge < -0.3 is 15.2 Å². The summed E-state index contributed by atoms with van der Waals surface area (Å²) in [5.74, 6) is 1.76. The van der Waals surface area contributed by atoms with Crippen LogP contribution in [-0.2, 0) is 4.79 Å². The van der Waals surface area contributed by atoms with Crippen molar-refractivity contribution >= 4 is 5.78 Å². The Balaban J connectivity index is 1.90. The van der Waals surface area contributed by atoms with E-state index in [0.717, 1.165) is 23.5 Å². The van der Waals surface area contributed by atoms with E-state index >= 15 is 0 Å². The average molecular weight is 231 g/mol. The lowest BCUT2D eigenvalue weighted by atomic mass is 9.85. The first-order chi connectivity index (χ1) is 8.22. The highest BCUT2D eigenvalue weighted by Gasteiger charge is 2.23. The largest absolute Gasteiger partial charge is 0.454 e. The van der Waals surface area contributed by atoms with Crippen molar-refractivity contribution in [2.24, 2.45) is 5.73 Å². The second kappa shape index (κ2) is 3.80. The molecule has 0 aromatic heterocycles. The summed E-state index contributed by atoms with van der Waals surface area (Å²) in [5, 5.41) is 0. The fourth-order valence-electron chi connectivity index (χ4n) is 2.33. The molecule has 0 saturated heterocycles. The Bertz CT molecular complexity index is 507. The number of fused-ring (bicyclic) bond motifs is 1. The van der Waals surface area contributed by atoms with Gasteiger partial charge in [0.25, 0.3) is 0 Å². The van der Waals surface area contributed by atoms with Gasteiger partial charge in [-0.1, -0.05) is 6.07 Å². The van der Waals surface area contributed by atoms with E-state index in [4.69, 9.17) is 15.2 Å². The molecule has 1 aromatic carbocycles. The molecule has 3 rings (SSSR count). The molecule has 0 fully saturated rings. The number of hydrogen-bond acceptors (Lipinski definition) is 4. The molecule has 2 aliphatic rings. The van der Waals surface area contributed by atoms with Gasteiger partial charge in [-0.15, -0.1) is 0 Å². The molecular weight excluding hydrogens is 218 g/mol. The fraction of sp³-hybridized carbons (Fsp3) is 0.308. The molecule has 4 heteroatoms. The van der Waals surface area contributed by atoms with E-state index < -0.39 is 0 Å². The molecular formula is C13H13NO3. The summed E-state index contributed by atoms with van der Waals surface area (Å²) in [6, 6.07) is 5.81. The number of ketones is 1. The molecule has 88 valence electrons. The Morgan fingerprint density at radius 2 is 2.00 bits per heavy atom. The molecule has 0 amide bonds. The van der Waals surface area contributed by atoms with Crippen molar-refractivity contribution in [1.82, 2.24) is 0 Å². The van der Waals surface area contributed by atoms with Crippen LogP contribution >= 0.6 is 0 Å². The number of hydrogen-bond donors (Lipinski definition) is 1. The third kappa shape index (κ3) is 1.86. The van der Waals surface area contributed by atoms with Crippen LogP contribution in [0.25, 0.3) is 0 Å². The van der Waals surface area contributed by atoms with E-state index in [0.29, 0.717) is 12.1 Å². The van der Waals surface area contributed by atoms with Crippen LogP contribution in [0.4, 0.5) is 0 Å². The van der Waals surface area contributed by atoms with E-state index in [1.165, 1.54) is 6.08 Å². The number of ether oxygens (including phenoxy) is 2. The van der Waals surface area contributed by atoms with Crippen molar-refractivity contribution in [2.45, 2.75) is 18.8 Å². The molecule has 4 nitrogen and oxygen atoms in total. The lowest BCUT2D eigenvalue weighted by Gasteiger charge is -2.20. The molecule has 1 aliphatic heterocycles. The zero-order valence-corrected chi connectivity index (χ0v) is 9.31. The van der Waals surface area contributed by atoms with Crippen LogP contribution in [0.1, 0.15) is 24.3 Å². The van der Waals surface area contributed by atoms with Gasteiger partial charge in [-0.2, -0.15) is 0 Å². The lowest BCUT2D eigenvalue weighted by Crippen LogP contribution is -2.16. The van der Waals surface area contributed by atoms with Crippen molar-refractivity contribution in [3.8, 4) is 11.5 Å². The van der Waals surface area contributed by atoms with Crippen LogP contribution in [-0.4, -0.2) is 12.6 Å². The van der Waals surface area contributed by atoms with Crippen LogP contribution in [0.15, 0.2) is 30.0 Å². The molecule has 1 aliphatic carbocycles. The molecule has 0 bridgehead atoms. The Morgan fingerprint density at radius 3 is 2.82 bits per heavy atom. The normalized spacial score (nSPS) is 22.5. The lowest BCUT2D eigenvalue weighted by molar-refractivity contribution is -0.115. The maximum atomic E-state index is 11.5. The third-order valence-electron chi connectivity index (χ3n) is 3.14. The minimum absolute atomic E-state index is 0.0939. The second-order valence-corrected chi connectivity index (χ2v) is 4.40. The summed E-state index contributed by atoms with van der Waals surface area (Å²) in [7, 11) is 0. The first-order valence-corrected chi connectivity index (χ1v) is 5.61. The summed E-state index contributed by atoms with van der Waals surface area (Å²) in [5.41, 5.74) is 7.49. The number of benzene rings is 1. The quantitative estimate of drug-likeness (QED) is 0.799. The van der Waals surface area contributed by atoms with Crippen LogP contribution in [0, 0.1) is 0 Å². The standard InChI is InChI=1S/C13H13NO3/c14-10-3-9(4-11(15)6-10)8-1-2-12-13(5-8)17-7-16-12/h1-2,5-6,9H,3-4,7,14H2. The van der Waals surface area contributed by atoms with Gasteiger partial charge in [-0.25, -0.2) is 0 Å². The fourth-order valence-corrected chi connectivity index (χ4v) is 2.33. The van der Waals surface area contributed by atoms with Gasteiger partial charge in [0, 0.05) is 12.1 Å². The van der Waals surface area contributed by atoms with Gasteiger partial charge in [0.2, 0.25) is 6.79 Å². The van der Waals surface area contributed by atoms with Crippen molar-refractivity contribution in [1.29, 1.82) is 0 Å². The van der Waals surface area contributed by atoms with Gasteiger partial charge in [-0.05, 0) is 36.1 Å². The topological polar surface area (TPSA) is 61.6 Å².